The van der Waals surface area contributed by atoms with Crippen molar-refractivity contribution in [3.8, 4) is 0 Å². The SMILES string of the molecule is CCNc1nnc(C2CC(Cc3cccnn3)C2)s1. The van der Waals surface area contributed by atoms with Gasteiger partial charge in [-0.15, -0.1) is 10.2 Å². The van der Waals surface area contributed by atoms with E-state index in [1.54, 1.807) is 17.5 Å². The van der Waals surface area contributed by atoms with Gasteiger partial charge in [-0.05, 0) is 44.2 Å². The Morgan fingerprint density at radius 3 is 2.95 bits per heavy atom. The van der Waals surface area contributed by atoms with Crippen LogP contribution in [0.25, 0.3) is 0 Å². The fourth-order valence-corrected chi connectivity index (χ4v) is 3.40. The van der Waals surface area contributed by atoms with Crippen LogP contribution in [0.5, 0.6) is 0 Å². The van der Waals surface area contributed by atoms with Crippen LogP contribution in [0.3, 0.4) is 0 Å². The average Bonchev–Trinajstić information content (AvgIpc) is 2.83. The zero-order chi connectivity index (χ0) is 13.1. The summed E-state index contributed by atoms with van der Waals surface area (Å²) in [5.74, 6) is 1.31. The van der Waals surface area contributed by atoms with E-state index in [0.29, 0.717) is 11.8 Å². The van der Waals surface area contributed by atoms with Crippen molar-refractivity contribution >= 4 is 16.5 Å². The lowest BCUT2D eigenvalue weighted by atomic mass is 9.73. The lowest BCUT2D eigenvalue weighted by molar-refractivity contribution is 0.259. The summed E-state index contributed by atoms with van der Waals surface area (Å²) >= 11 is 1.69. The van der Waals surface area contributed by atoms with E-state index in [4.69, 9.17) is 0 Å². The van der Waals surface area contributed by atoms with Gasteiger partial charge in [0.25, 0.3) is 0 Å². The molecule has 1 aliphatic carbocycles. The van der Waals surface area contributed by atoms with Gasteiger partial charge in [0, 0.05) is 18.7 Å². The van der Waals surface area contributed by atoms with Gasteiger partial charge >= 0.3 is 0 Å². The molecule has 0 aromatic carbocycles. The number of aromatic nitrogens is 4. The number of nitrogens with one attached hydrogen (secondary N) is 1. The van der Waals surface area contributed by atoms with Crippen LogP contribution in [0.2, 0.25) is 0 Å². The Bertz CT molecular complexity index is 521. The van der Waals surface area contributed by atoms with Crippen LogP contribution in [-0.4, -0.2) is 26.9 Å². The van der Waals surface area contributed by atoms with Crippen molar-refractivity contribution in [2.45, 2.75) is 32.1 Å². The maximum atomic E-state index is 4.28. The first kappa shape index (κ1) is 12.5. The molecule has 0 saturated heterocycles. The maximum Gasteiger partial charge on any atom is 0.205 e. The minimum Gasteiger partial charge on any atom is -0.360 e. The van der Waals surface area contributed by atoms with Gasteiger partial charge < -0.3 is 5.32 Å². The van der Waals surface area contributed by atoms with Crippen molar-refractivity contribution in [2.24, 2.45) is 5.92 Å². The summed E-state index contributed by atoms with van der Waals surface area (Å²) in [6.45, 7) is 2.97. The van der Waals surface area contributed by atoms with Gasteiger partial charge in [-0.1, -0.05) is 11.3 Å². The van der Waals surface area contributed by atoms with Gasteiger partial charge in [0.1, 0.15) is 5.01 Å². The third-order valence-electron chi connectivity index (χ3n) is 3.48. The zero-order valence-corrected chi connectivity index (χ0v) is 11.7. The third-order valence-corrected chi connectivity index (χ3v) is 4.52. The molecule has 5 nitrogen and oxygen atoms in total. The monoisotopic (exact) mass is 275 g/mol. The maximum absolute atomic E-state index is 4.28. The van der Waals surface area contributed by atoms with Crippen molar-refractivity contribution in [3.63, 3.8) is 0 Å². The molecular weight excluding hydrogens is 258 g/mol. The molecular formula is C13H17N5S. The van der Waals surface area contributed by atoms with Crippen molar-refractivity contribution in [1.82, 2.24) is 20.4 Å². The molecule has 2 heterocycles. The van der Waals surface area contributed by atoms with E-state index >= 15 is 0 Å². The van der Waals surface area contributed by atoms with Crippen LogP contribution < -0.4 is 5.32 Å². The van der Waals surface area contributed by atoms with Crippen LogP contribution in [-0.2, 0) is 6.42 Å². The molecule has 1 fully saturated rings. The molecule has 6 heteroatoms. The molecule has 1 saturated carbocycles. The van der Waals surface area contributed by atoms with E-state index in [1.165, 1.54) is 17.8 Å². The van der Waals surface area contributed by atoms with E-state index in [9.17, 15) is 0 Å². The first-order chi connectivity index (χ1) is 9.35. The molecule has 0 spiro atoms. The fraction of sp³-hybridized carbons (Fsp3) is 0.538. The van der Waals surface area contributed by atoms with Gasteiger partial charge in [0.05, 0.1) is 5.69 Å². The number of rotatable bonds is 5. The lowest BCUT2D eigenvalue weighted by Gasteiger charge is -2.33. The van der Waals surface area contributed by atoms with Crippen LogP contribution in [0.1, 0.15) is 36.4 Å². The number of hydrogen-bond acceptors (Lipinski definition) is 6. The highest BCUT2D eigenvalue weighted by Crippen LogP contribution is 2.44. The molecule has 2 aromatic rings. The number of anilines is 1. The minimum absolute atomic E-state index is 0.589. The van der Waals surface area contributed by atoms with E-state index in [1.807, 2.05) is 6.07 Å². The first-order valence-corrected chi connectivity index (χ1v) is 7.50. The molecule has 0 unspecified atom stereocenters. The summed E-state index contributed by atoms with van der Waals surface area (Å²) in [5.41, 5.74) is 1.09. The second-order valence-corrected chi connectivity index (χ2v) is 5.94. The average molecular weight is 275 g/mol. The standard InChI is InChI=1S/C13H17N5S/c1-2-14-13-18-17-12(19-13)10-6-9(7-10)8-11-4-3-5-15-16-11/h3-5,9-10H,2,6-8H2,1H3,(H,14,18). The Morgan fingerprint density at radius 1 is 1.32 bits per heavy atom. The smallest absolute Gasteiger partial charge is 0.205 e. The molecule has 19 heavy (non-hydrogen) atoms. The van der Waals surface area contributed by atoms with E-state index in [2.05, 4.69) is 38.7 Å². The Labute approximate surface area is 116 Å². The highest BCUT2D eigenvalue weighted by atomic mass is 32.1. The van der Waals surface area contributed by atoms with Crippen molar-refractivity contribution in [2.75, 3.05) is 11.9 Å². The van der Waals surface area contributed by atoms with Crippen molar-refractivity contribution in [3.05, 3.63) is 29.0 Å². The van der Waals surface area contributed by atoms with Gasteiger partial charge in [-0.2, -0.15) is 10.2 Å². The molecule has 0 aliphatic heterocycles. The molecule has 0 atom stereocenters. The largest absolute Gasteiger partial charge is 0.360 e. The molecule has 1 N–H and O–H groups in total. The summed E-state index contributed by atoms with van der Waals surface area (Å²) in [5, 5.41) is 21.8. The van der Waals surface area contributed by atoms with Crippen LogP contribution in [0.15, 0.2) is 18.3 Å². The quantitative estimate of drug-likeness (QED) is 0.908. The summed E-state index contributed by atoms with van der Waals surface area (Å²) in [4.78, 5) is 0. The molecule has 0 radical (unpaired) electrons. The van der Waals surface area contributed by atoms with E-state index < -0.39 is 0 Å². The molecule has 3 rings (SSSR count). The van der Waals surface area contributed by atoms with Gasteiger partial charge in [0.15, 0.2) is 0 Å². The Balaban J connectivity index is 1.52. The van der Waals surface area contributed by atoms with Gasteiger partial charge in [-0.3, -0.25) is 0 Å². The van der Waals surface area contributed by atoms with Crippen LogP contribution in [0, 0.1) is 5.92 Å². The second kappa shape index (κ2) is 5.61. The highest BCUT2D eigenvalue weighted by molar-refractivity contribution is 7.15. The molecule has 0 bridgehead atoms. The first-order valence-electron chi connectivity index (χ1n) is 6.69. The topological polar surface area (TPSA) is 63.6 Å². The van der Waals surface area contributed by atoms with Gasteiger partial charge in [-0.25, -0.2) is 0 Å². The summed E-state index contributed by atoms with van der Waals surface area (Å²) in [7, 11) is 0. The summed E-state index contributed by atoms with van der Waals surface area (Å²) in [6, 6.07) is 4.00. The lowest BCUT2D eigenvalue weighted by Crippen LogP contribution is -2.24. The summed E-state index contributed by atoms with van der Waals surface area (Å²) in [6.07, 6.45) is 5.13. The van der Waals surface area contributed by atoms with Gasteiger partial charge in [0.2, 0.25) is 5.13 Å². The predicted molar refractivity (Wildman–Crippen MR) is 75.3 cm³/mol. The molecule has 1 aliphatic rings. The molecule has 2 aromatic heterocycles. The molecule has 100 valence electrons. The van der Waals surface area contributed by atoms with E-state index in [0.717, 1.165) is 23.8 Å². The minimum atomic E-state index is 0.589. The van der Waals surface area contributed by atoms with Crippen molar-refractivity contribution in [1.29, 1.82) is 0 Å². The normalized spacial score (nSPS) is 21.9. The zero-order valence-electron chi connectivity index (χ0n) is 10.9. The van der Waals surface area contributed by atoms with Crippen LogP contribution >= 0.6 is 11.3 Å². The Hall–Kier alpha value is -1.56. The second-order valence-electron chi connectivity index (χ2n) is 4.93. The third kappa shape index (κ3) is 2.89. The Morgan fingerprint density at radius 2 is 2.21 bits per heavy atom. The van der Waals surface area contributed by atoms with E-state index in [-0.39, 0.29) is 0 Å². The highest BCUT2D eigenvalue weighted by Gasteiger charge is 2.33. The van der Waals surface area contributed by atoms with Crippen LogP contribution in [0.4, 0.5) is 5.13 Å². The summed E-state index contributed by atoms with van der Waals surface area (Å²) < 4.78 is 0. The number of hydrogen-bond donors (Lipinski definition) is 1. The molecule has 0 amide bonds. The predicted octanol–water partition coefficient (Wildman–Crippen LogP) is 2.50. The fourth-order valence-electron chi connectivity index (χ4n) is 2.46. The van der Waals surface area contributed by atoms with Crippen molar-refractivity contribution < 1.29 is 0 Å². The Kier molecular flexibility index (Phi) is 3.68. The number of nitrogens with zero attached hydrogens (tertiary/aromatic N) is 4.